The molecule has 1 saturated heterocycles. The van der Waals surface area contributed by atoms with Crippen LogP contribution in [0.3, 0.4) is 0 Å². The molecule has 1 aliphatic heterocycles. The minimum Gasteiger partial charge on any atom is -0.459 e. The molecule has 3 rings (SSSR count). The van der Waals surface area contributed by atoms with Crippen molar-refractivity contribution in [2.45, 2.75) is 63.8 Å². The van der Waals surface area contributed by atoms with Crippen molar-refractivity contribution in [2.24, 2.45) is 0 Å². The average Bonchev–Trinajstić information content (AvgIpc) is 3.02. The number of carbonyl (C=O) groups excluding carboxylic acids is 1. The number of esters is 1. The molecule has 25 heavy (non-hydrogen) atoms. The van der Waals surface area contributed by atoms with Gasteiger partial charge in [-0.2, -0.15) is 0 Å². The van der Waals surface area contributed by atoms with Gasteiger partial charge in [-0.3, -0.25) is 4.79 Å². The van der Waals surface area contributed by atoms with E-state index in [4.69, 9.17) is 14.2 Å². The van der Waals surface area contributed by atoms with Gasteiger partial charge in [0.2, 0.25) is 0 Å². The zero-order chi connectivity index (χ0) is 17.9. The summed E-state index contributed by atoms with van der Waals surface area (Å²) in [5.41, 5.74) is 1.76. The van der Waals surface area contributed by atoms with Crippen LogP contribution in [-0.2, 0) is 19.0 Å². The molecule has 1 aromatic rings. The Balaban J connectivity index is 1.77. The Labute approximate surface area is 150 Å². The third-order valence-corrected chi connectivity index (χ3v) is 4.69. The molecule has 1 heterocycles. The van der Waals surface area contributed by atoms with E-state index in [1.165, 1.54) is 5.57 Å². The molecule has 136 valence electrons. The number of hydrogen-bond donors (Lipinski definition) is 0. The summed E-state index contributed by atoms with van der Waals surface area (Å²) in [7, 11) is 0. The molecule has 4 nitrogen and oxygen atoms in total. The van der Waals surface area contributed by atoms with Crippen molar-refractivity contribution in [3.63, 3.8) is 0 Å². The van der Waals surface area contributed by atoms with Crippen LogP contribution in [0.5, 0.6) is 0 Å². The highest BCUT2D eigenvalue weighted by atomic mass is 16.7. The summed E-state index contributed by atoms with van der Waals surface area (Å²) < 4.78 is 17.2. The third kappa shape index (κ3) is 4.71. The Hall–Kier alpha value is -1.65. The molecule has 1 aromatic carbocycles. The van der Waals surface area contributed by atoms with Crippen molar-refractivity contribution in [3.05, 3.63) is 47.5 Å². The van der Waals surface area contributed by atoms with Crippen LogP contribution in [0, 0.1) is 0 Å². The molecular formula is C21H28O4. The smallest absolute Gasteiger partial charge is 0.317 e. The third-order valence-electron chi connectivity index (χ3n) is 4.69. The summed E-state index contributed by atoms with van der Waals surface area (Å²) in [6, 6.07) is 9.85. The first kappa shape index (κ1) is 18.2. The van der Waals surface area contributed by atoms with E-state index in [1.54, 1.807) is 0 Å². The molecule has 2 aliphatic rings. The van der Waals surface area contributed by atoms with Gasteiger partial charge >= 0.3 is 5.97 Å². The van der Waals surface area contributed by atoms with Crippen LogP contribution in [-0.4, -0.2) is 30.6 Å². The molecule has 4 heteroatoms. The lowest BCUT2D eigenvalue weighted by molar-refractivity contribution is -0.171. The van der Waals surface area contributed by atoms with E-state index in [-0.39, 0.29) is 17.7 Å². The van der Waals surface area contributed by atoms with Crippen LogP contribution < -0.4 is 0 Å². The molecule has 1 spiro atoms. The molecule has 0 radical (unpaired) electrons. The number of hydrogen-bond acceptors (Lipinski definition) is 4. The summed E-state index contributed by atoms with van der Waals surface area (Å²) in [6.45, 7) is 7.07. The van der Waals surface area contributed by atoms with Gasteiger partial charge < -0.3 is 14.2 Å². The van der Waals surface area contributed by atoms with E-state index in [0.29, 0.717) is 13.2 Å². The monoisotopic (exact) mass is 344 g/mol. The fraction of sp³-hybridized carbons (Fsp3) is 0.571. The van der Waals surface area contributed by atoms with Crippen LogP contribution in [0.1, 0.15) is 57.9 Å². The topological polar surface area (TPSA) is 44.8 Å². The summed E-state index contributed by atoms with van der Waals surface area (Å²) in [4.78, 5) is 12.8. The Morgan fingerprint density at radius 1 is 1.12 bits per heavy atom. The van der Waals surface area contributed by atoms with E-state index >= 15 is 0 Å². The van der Waals surface area contributed by atoms with E-state index in [2.05, 4.69) is 6.08 Å². The zero-order valence-electron chi connectivity index (χ0n) is 15.4. The minimum atomic E-state index is -0.495. The lowest BCUT2D eigenvalue weighted by Gasteiger charge is -2.33. The molecule has 0 N–H and O–H groups in total. The van der Waals surface area contributed by atoms with Gasteiger partial charge in [0.1, 0.15) is 11.5 Å². The zero-order valence-corrected chi connectivity index (χ0v) is 15.4. The average molecular weight is 344 g/mol. The van der Waals surface area contributed by atoms with Gasteiger partial charge in [0.25, 0.3) is 0 Å². The highest BCUT2D eigenvalue weighted by molar-refractivity contribution is 5.81. The van der Waals surface area contributed by atoms with E-state index in [9.17, 15) is 4.79 Å². The second kappa shape index (κ2) is 7.30. The predicted molar refractivity (Wildman–Crippen MR) is 96.2 cm³/mol. The largest absolute Gasteiger partial charge is 0.459 e. The van der Waals surface area contributed by atoms with Gasteiger partial charge in [0.05, 0.1) is 13.2 Å². The summed E-state index contributed by atoms with van der Waals surface area (Å²) in [5.74, 6) is -0.944. The van der Waals surface area contributed by atoms with Crippen molar-refractivity contribution in [1.82, 2.24) is 0 Å². The highest BCUT2D eigenvalue weighted by Gasteiger charge is 2.39. The molecular weight excluding hydrogens is 316 g/mol. The standard InChI is InChI=1S/C21H28O4/c1-20(2,3)25-19(22)18(17-7-5-4-6-8-17)15-16-9-11-21(12-10-16)23-13-14-24-21/h4-8,15,18H,9-14H2,1-3H3. The summed E-state index contributed by atoms with van der Waals surface area (Å²) >= 11 is 0. The summed E-state index contributed by atoms with van der Waals surface area (Å²) in [5, 5.41) is 0. The minimum absolute atomic E-state index is 0.195. The number of rotatable bonds is 3. The Bertz CT molecular complexity index is 609. The maximum absolute atomic E-state index is 12.8. The second-order valence-electron chi connectivity index (χ2n) is 7.85. The molecule has 0 amide bonds. The van der Waals surface area contributed by atoms with Crippen molar-refractivity contribution < 1.29 is 19.0 Å². The van der Waals surface area contributed by atoms with Crippen molar-refractivity contribution in [2.75, 3.05) is 13.2 Å². The van der Waals surface area contributed by atoms with Crippen LogP contribution in [0.25, 0.3) is 0 Å². The van der Waals surface area contributed by atoms with Crippen LogP contribution in [0.15, 0.2) is 42.0 Å². The van der Waals surface area contributed by atoms with Gasteiger partial charge in [-0.25, -0.2) is 0 Å². The van der Waals surface area contributed by atoms with Gasteiger partial charge in [0.15, 0.2) is 5.79 Å². The molecule has 1 saturated carbocycles. The summed E-state index contributed by atoms with van der Waals surface area (Å²) in [6.07, 6.45) is 5.59. The number of ether oxygens (including phenoxy) is 3. The number of benzene rings is 1. The maximum atomic E-state index is 12.8. The first-order chi connectivity index (χ1) is 11.9. The van der Waals surface area contributed by atoms with E-state index < -0.39 is 5.60 Å². The van der Waals surface area contributed by atoms with Crippen molar-refractivity contribution in [1.29, 1.82) is 0 Å². The quantitative estimate of drug-likeness (QED) is 0.604. The van der Waals surface area contributed by atoms with Crippen LogP contribution in [0.2, 0.25) is 0 Å². The Morgan fingerprint density at radius 3 is 2.28 bits per heavy atom. The predicted octanol–water partition coefficient (Wildman–Crippen LogP) is 4.36. The molecule has 1 atom stereocenters. The lowest BCUT2D eigenvalue weighted by atomic mass is 9.86. The van der Waals surface area contributed by atoms with Crippen LogP contribution >= 0.6 is 0 Å². The molecule has 1 unspecified atom stereocenters. The second-order valence-corrected chi connectivity index (χ2v) is 7.85. The normalized spacial score (nSPS) is 21.2. The van der Waals surface area contributed by atoms with Gasteiger partial charge in [-0.05, 0) is 39.2 Å². The van der Waals surface area contributed by atoms with Crippen molar-refractivity contribution >= 4 is 5.97 Å². The molecule has 0 bridgehead atoms. The first-order valence-electron chi connectivity index (χ1n) is 9.12. The Kier molecular flexibility index (Phi) is 5.30. The SMILES string of the molecule is CC(C)(C)OC(=O)C(C=C1CCC2(CC1)OCCO2)c1ccccc1. The molecule has 0 aromatic heterocycles. The number of carbonyl (C=O) groups is 1. The number of allylic oxidation sites excluding steroid dienone is 1. The van der Waals surface area contributed by atoms with Crippen LogP contribution in [0.4, 0.5) is 0 Å². The highest BCUT2D eigenvalue weighted by Crippen LogP contribution is 2.39. The fourth-order valence-corrected chi connectivity index (χ4v) is 3.47. The van der Waals surface area contributed by atoms with Crippen molar-refractivity contribution in [3.8, 4) is 0 Å². The Morgan fingerprint density at radius 2 is 1.72 bits per heavy atom. The van der Waals surface area contributed by atoms with Gasteiger partial charge in [0, 0.05) is 12.8 Å². The lowest BCUT2D eigenvalue weighted by Crippen LogP contribution is -2.33. The first-order valence-corrected chi connectivity index (χ1v) is 9.12. The van der Waals surface area contributed by atoms with Gasteiger partial charge in [-0.1, -0.05) is 42.0 Å². The fourth-order valence-electron chi connectivity index (χ4n) is 3.47. The van der Waals surface area contributed by atoms with E-state index in [1.807, 2.05) is 51.1 Å². The van der Waals surface area contributed by atoms with E-state index in [0.717, 1.165) is 31.2 Å². The maximum Gasteiger partial charge on any atom is 0.317 e. The molecule has 2 fully saturated rings. The van der Waals surface area contributed by atoms with Gasteiger partial charge in [-0.15, -0.1) is 0 Å². The molecule has 1 aliphatic carbocycles.